The molecule has 0 radical (unpaired) electrons. The Labute approximate surface area is 174 Å². The second kappa shape index (κ2) is 8.23. The summed E-state index contributed by atoms with van der Waals surface area (Å²) in [5, 5.41) is 6.88. The molecule has 5 nitrogen and oxygen atoms in total. The highest BCUT2D eigenvalue weighted by atomic mass is 16.3. The van der Waals surface area contributed by atoms with Gasteiger partial charge in [-0.3, -0.25) is 0 Å². The SMILES string of the molecule is CCc1ccccc1NC(=O)N(Cc1ccc(C)o1)C1CC(C)(C)NC(C)(C)C1. The fourth-order valence-corrected chi connectivity index (χ4v) is 4.73. The number of amides is 2. The topological polar surface area (TPSA) is 57.5 Å². The Morgan fingerprint density at radius 3 is 2.38 bits per heavy atom. The van der Waals surface area contributed by atoms with Crippen LogP contribution < -0.4 is 10.6 Å². The highest BCUT2D eigenvalue weighted by molar-refractivity contribution is 5.90. The lowest BCUT2D eigenvalue weighted by molar-refractivity contribution is 0.0801. The molecule has 0 atom stereocenters. The zero-order valence-corrected chi connectivity index (χ0v) is 18.6. The van der Waals surface area contributed by atoms with Gasteiger partial charge in [0.05, 0.1) is 6.54 Å². The van der Waals surface area contributed by atoms with Crippen molar-refractivity contribution in [2.75, 3.05) is 5.32 Å². The lowest BCUT2D eigenvalue weighted by Gasteiger charge is -2.49. The summed E-state index contributed by atoms with van der Waals surface area (Å²) in [7, 11) is 0. The molecule has 0 saturated carbocycles. The molecule has 1 aromatic carbocycles. The highest BCUT2D eigenvalue weighted by Crippen LogP contribution is 2.33. The lowest BCUT2D eigenvalue weighted by Crippen LogP contribution is -2.63. The number of benzene rings is 1. The molecule has 1 saturated heterocycles. The molecule has 1 fully saturated rings. The maximum Gasteiger partial charge on any atom is 0.322 e. The summed E-state index contributed by atoms with van der Waals surface area (Å²) in [5.74, 6) is 1.68. The first-order chi connectivity index (χ1) is 13.6. The van der Waals surface area contributed by atoms with Crippen molar-refractivity contribution in [2.45, 2.75) is 84.5 Å². The summed E-state index contributed by atoms with van der Waals surface area (Å²) in [4.78, 5) is 15.4. The van der Waals surface area contributed by atoms with Crippen LogP contribution in [0, 0.1) is 6.92 Å². The van der Waals surface area contributed by atoms with Gasteiger partial charge in [-0.25, -0.2) is 4.79 Å². The smallest absolute Gasteiger partial charge is 0.322 e. The fourth-order valence-electron chi connectivity index (χ4n) is 4.73. The lowest BCUT2D eigenvalue weighted by atomic mass is 9.79. The minimum Gasteiger partial charge on any atom is -0.464 e. The van der Waals surface area contributed by atoms with Gasteiger partial charge in [0.25, 0.3) is 0 Å². The zero-order chi connectivity index (χ0) is 21.2. The van der Waals surface area contributed by atoms with E-state index in [1.165, 1.54) is 0 Å². The number of nitrogens with one attached hydrogen (secondary N) is 2. The first kappa shape index (κ1) is 21.4. The minimum absolute atomic E-state index is 0.0502. The molecule has 0 bridgehead atoms. The number of nitrogens with zero attached hydrogens (tertiary/aromatic N) is 1. The molecular formula is C24H35N3O2. The highest BCUT2D eigenvalue weighted by Gasteiger charge is 2.41. The average Bonchev–Trinajstić information content (AvgIpc) is 3.02. The van der Waals surface area contributed by atoms with Crippen molar-refractivity contribution in [1.82, 2.24) is 10.2 Å². The van der Waals surface area contributed by atoms with E-state index in [1.54, 1.807) is 0 Å². The molecule has 0 aliphatic carbocycles. The summed E-state index contributed by atoms with van der Waals surface area (Å²) in [5.41, 5.74) is 1.92. The summed E-state index contributed by atoms with van der Waals surface area (Å²) in [6.07, 6.45) is 2.65. The van der Waals surface area contributed by atoms with Crippen molar-refractivity contribution in [3.05, 3.63) is 53.5 Å². The zero-order valence-electron chi connectivity index (χ0n) is 18.6. The van der Waals surface area contributed by atoms with Crippen LogP contribution in [0.3, 0.4) is 0 Å². The third-order valence-corrected chi connectivity index (χ3v) is 5.63. The average molecular weight is 398 g/mol. The number of carbonyl (C=O) groups is 1. The van der Waals surface area contributed by atoms with E-state index in [4.69, 9.17) is 4.42 Å². The fraction of sp³-hybridized carbons (Fsp3) is 0.542. The second-order valence-corrected chi connectivity index (χ2v) is 9.54. The normalized spacial score (nSPS) is 18.4. The van der Waals surface area contributed by atoms with Crippen molar-refractivity contribution >= 4 is 11.7 Å². The van der Waals surface area contributed by atoms with Crippen LogP contribution in [0.2, 0.25) is 0 Å². The number of hydrogen-bond acceptors (Lipinski definition) is 3. The number of hydrogen-bond donors (Lipinski definition) is 2. The van der Waals surface area contributed by atoms with E-state index in [1.807, 2.05) is 42.2 Å². The third-order valence-electron chi connectivity index (χ3n) is 5.63. The van der Waals surface area contributed by atoms with Crippen molar-refractivity contribution in [2.24, 2.45) is 0 Å². The number of urea groups is 1. The quantitative estimate of drug-likeness (QED) is 0.701. The van der Waals surface area contributed by atoms with E-state index in [0.29, 0.717) is 6.54 Å². The number of aryl methyl sites for hydroxylation is 2. The van der Waals surface area contributed by atoms with Gasteiger partial charge in [-0.05, 0) is 77.6 Å². The van der Waals surface area contributed by atoms with Crippen LogP contribution in [-0.2, 0) is 13.0 Å². The van der Waals surface area contributed by atoms with Crippen molar-refractivity contribution < 1.29 is 9.21 Å². The molecule has 1 aromatic heterocycles. The van der Waals surface area contributed by atoms with Gasteiger partial charge in [0.1, 0.15) is 11.5 Å². The van der Waals surface area contributed by atoms with Crippen LogP contribution in [0.4, 0.5) is 10.5 Å². The Morgan fingerprint density at radius 2 is 1.79 bits per heavy atom. The second-order valence-electron chi connectivity index (χ2n) is 9.54. The first-order valence-electron chi connectivity index (χ1n) is 10.6. The molecule has 2 heterocycles. The molecule has 1 aliphatic rings. The molecule has 2 aromatic rings. The molecule has 5 heteroatoms. The number of rotatable bonds is 5. The molecule has 0 spiro atoms. The summed E-state index contributed by atoms with van der Waals surface area (Å²) in [6.45, 7) is 13.3. The number of furan rings is 1. The Kier molecular flexibility index (Phi) is 6.08. The van der Waals surface area contributed by atoms with Crippen LogP contribution >= 0.6 is 0 Å². The summed E-state index contributed by atoms with van der Waals surface area (Å²) in [6, 6.07) is 12.0. The molecule has 1 aliphatic heterocycles. The molecule has 158 valence electrons. The van der Waals surface area contributed by atoms with E-state index in [9.17, 15) is 4.79 Å². The predicted molar refractivity (Wildman–Crippen MR) is 118 cm³/mol. The van der Waals surface area contributed by atoms with Gasteiger partial charge < -0.3 is 20.0 Å². The molecule has 0 unspecified atom stereocenters. The Hall–Kier alpha value is -2.27. The third kappa shape index (κ3) is 5.41. The molecule has 3 rings (SSSR count). The van der Waals surface area contributed by atoms with Crippen molar-refractivity contribution in [3.8, 4) is 0 Å². The van der Waals surface area contributed by atoms with Crippen LogP contribution in [0.25, 0.3) is 0 Å². The van der Waals surface area contributed by atoms with Crippen LogP contribution in [-0.4, -0.2) is 28.1 Å². The number of para-hydroxylation sites is 1. The predicted octanol–water partition coefficient (Wildman–Crippen LogP) is 5.49. The molecular weight excluding hydrogens is 362 g/mol. The maximum absolute atomic E-state index is 13.5. The van der Waals surface area contributed by atoms with Gasteiger partial charge in [-0.1, -0.05) is 25.1 Å². The van der Waals surface area contributed by atoms with Crippen molar-refractivity contribution in [3.63, 3.8) is 0 Å². The van der Waals surface area contributed by atoms with Gasteiger partial charge in [0, 0.05) is 22.8 Å². The standard InChI is InChI=1S/C24H35N3O2/c1-7-18-10-8-9-11-21(18)25-22(28)27(16-20-13-12-17(2)29-20)19-14-23(3,4)26-24(5,6)15-19/h8-13,19,26H,7,14-16H2,1-6H3,(H,25,28). The van der Waals surface area contributed by atoms with E-state index in [0.717, 1.165) is 42.0 Å². The van der Waals surface area contributed by atoms with E-state index in [2.05, 4.69) is 51.3 Å². The van der Waals surface area contributed by atoms with Gasteiger partial charge in [0.2, 0.25) is 0 Å². The Balaban J connectivity index is 1.89. The Bertz CT molecular complexity index is 837. The molecule has 29 heavy (non-hydrogen) atoms. The maximum atomic E-state index is 13.5. The summed E-state index contributed by atoms with van der Waals surface area (Å²) < 4.78 is 5.82. The van der Waals surface area contributed by atoms with E-state index in [-0.39, 0.29) is 23.2 Å². The largest absolute Gasteiger partial charge is 0.464 e. The van der Waals surface area contributed by atoms with Crippen LogP contribution in [0.5, 0.6) is 0 Å². The van der Waals surface area contributed by atoms with Gasteiger partial charge in [-0.2, -0.15) is 0 Å². The van der Waals surface area contributed by atoms with Gasteiger partial charge >= 0.3 is 6.03 Å². The van der Waals surface area contributed by atoms with Crippen LogP contribution in [0.1, 0.15) is 64.5 Å². The minimum atomic E-state index is -0.0709. The number of carbonyl (C=O) groups excluding carboxylic acids is 1. The Morgan fingerprint density at radius 1 is 1.14 bits per heavy atom. The van der Waals surface area contributed by atoms with E-state index >= 15 is 0 Å². The number of piperidine rings is 1. The van der Waals surface area contributed by atoms with Gasteiger partial charge in [-0.15, -0.1) is 0 Å². The van der Waals surface area contributed by atoms with Crippen molar-refractivity contribution in [1.29, 1.82) is 0 Å². The number of anilines is 1. The monoisotopic (exact) mass is 397 g/mol. The molecule has 2 N–H and O–H groups in total. The van der Waals surface area contributed by atoms with E-state index < -0.39 is 0 Å². The van der Waals surface area contributed by atoms with Gasteiger partial charge in [0.15, 0.2) is 0 Å². The van der Waals surface area contributed by atoms with Crippen LogP contribution in [0.15, 0.2) is 40.8 Å². The summed E-state index contributed by atoms with van der Waals surface area (Å²) >= 11 is 0. The molecule has 2 amide bonds. The first-order valence-corrected chi connectivity index (χ1v) is 10.6.